The predicted molar refractivity (Wildman–Crippen MR) is 111 cm³/mol. The van der Waals surface area contributed by atoms with Gasteiger partial charge in [-0.1, -0.05) is 19.8 Å². The molecule has 3 N–H and O–H groups in total. The molecule has 0 unspecified atom stereocenters. The molecule has 0 heterocycles. The van der Waals surface area contributed by atoms with E-state index >= 15 is 0 Å². The maximum absolute atomic E-state index is 12.7. The van der Waals surface area contributed by atoms with Crippen molar-refractivity contribution in [3.8, 4) is 0 Å². The minimum Gasteiger partial charge on any atom is -0.356 e. The molecule has 0 spiro atoms. The van der Waals surface area contributed by atoms with E-state index in [1.165, 1.54) is 51.4 Å². The Morgan fingerprint density at radius 1 is 0.893 bits per heavy atom. The lowest BCUT2D eigenvalue weighted by Crippen LogP contribution is -2.62. The zero-order chi connectivity index (χ0) is 19.6. The molecule has 4 bridgehead atoms. The number of urea groups is 1. The van der Waals surface area contributed by atoms with Gasteiger partial charge in [-0.3, -0.25) is 4.79 Å². The fourth-order valence-corrected chi connectivity index (χ4v) is 6.96. The van der Waals surface area contributed by atoms with Gasteiger partial charge < -0.3 is 16.0 Å². The molecule has 5 fully saturated rings. The Bertz CT molecular complexity index is 533. The summed E-state index contributed by atoms with van der Waals surface area (Å²) in [5.74, 6) is 2.88. The Labute approximate surface area is 170 Å². The summed E-state index contributed by atoms with van der Waals surface area (Å²) in [5, 5.41) is 9.74. The minimum absolute atomic E-state index is 0.0365. The number of nitrogens with one attached hydrogen (secondary N) is 3. The molecule has 3 amide bonds. The molecule has 0 aromatic rings. The molecule has 5 heteroatoms. The molecule has 0 aliphatic heterocycles. The van der Waals surface area contributed by atoms with E-state index in [0.29, 0.717) is 0 Å². The summed E-state index contributed by atoms with van der Waals surface area (Å²) in [6, 6.07) is 0.257. The van der Waals surface area contributed by atoms with Crippen LogP contribution in [0.5, 0.6) is 0 Å². The zero-order valence-corrected chi connectivity index (χ0v) is 17.6. The molecule has 5 rings (SSSR count). The molecule has 5 aliphatic carbocycles. The smallest absolute Gasteiger partial charge is 0.315 e. The van der Waals surface area contributed by atoms with Crippen LogP contribution < -0.4 is 16.0 Å². The monoisotopic (exact) mass is 389 g/mol. The van der Waals surface area contributed by atoms with Crippen LogP contribution in [0.3, 0.4) is 0 Å². The van der Waals surface area contributed by atoms with Crippen molar-refractivity contribution in [3.63, 3.8) is 0 Å². The summed E-state index contributed by atoms with van der Waals surface area (Å²) in [4.78, 5) is 25.0. The van der Waals surface area contributed by atoms with E-state index in [2.05, 4.69) is 22.9 Å². The summed E-state index contributed by atoms with van der Waals surface area (Å²) < 4.78 is 0. The standard InChI is InChI=1S/C23H39N3O2/c1-2-3-4-9-24-21(27)19-5-7-20(8-6-19)25-22(28)26-23-13-16-10-17(14-23)12-18(11-16)15-23/h16-20H,2-15H2,1H3,(H,24,27)(H2,25,26,28). The highest BCUT2D eigenvalue weighted by Crippen LogP contribution is 2.55. The number of unbranched alkanes of at least 4 members (excludes halogenated alkanes) is 2. The average molecular weight is 390 g/mol. The van der Waals surface area contributed by atoms with E-state index in [1.54, 1.807) is 0 Å². The Balaban J connectivity index is 1.18. The van der Waals surface area contributed by atoms with E-state index < -0.39 is 0 Å². The van der Waals surface area contributed by atoms with E-state index in [1.807, 2.05) is 0 Å². The fraction of sp³-hybridized carbons (Fsp3) is 0.913. The quantitative estimate of drug-likeness (QED) is 0.573. The number of hydrogen-bond donors (Lipinski definition) is 3. The van der Waals surface area contributed by atoms with E-state index in [0.717, 1.165) is 56.4 Å². The highest BCUT2D eigenvalue weighted by molar-refractivity contribution is 5.79. The summed E-state index contributed by atoms with van der Waals surface area (Å²) >= 11 is 0. The number of hydrogen-bond acceptors (Lipinski definition) is 2. The lowest BCUT2D eigenvalue weighted by Gasteiger charge is -2.56. The molecular weight excluding hydrogens is 350 g/mol. The van der Waals surface area contributed by atoms with Crippen LogP contribution in [0.1, 0.15) is 90.4 Å². The molecule has 0 aromatic heterocycles. The molecule has 0 saturated heterocycles. The number of carbonyl (C=O) groups is 2. The third kappa shape index (κ3) is 4.65. The third-order valence-electron chi connectivity index (χ3n) is 7.93. The molecular formula is C23H39N3O2. The summed E-state index contributed by atoms with van der Waals surface area (Å²) in [6.45, 7) is 2.98. The van der Waals surface area contributed by atoms with Crippen LogP contribution in [0.15, 0.2) is 0 Å². The Kier molecular flexibility index (Phi) is 6.17. The third-order valence-corrected chi connectivity index (χ3v) is 7.93. The van der Waals surface area contributed by atoms with Gasteiger partial charge in [0.2, 0.25) is 5.91 Å². The Morgan fingerprint density at radius 2 is 1.50 bits per heavy atom. The van der Waals surface area contributed by atoms with Gasteiger partial charge in [-0.15, -0.1) is 0 Å². The molecule has 158 valence electrons. The van der Waals surface area contributed by atoms with Gasteiger partial charge >= 0.3 is 6.03 Å². The summed E-state index contributed by atoms with van der Waals surface area (Å²) in [7, 11) is 0. The SMILES string of the molecule is CCCCCNC(=O)C1CCC(NC(=O)NC23CC4CC(CC(C4)C2)C3)CC1. The molecule has 0 aromatic carbocycles. The summed E-state index contributed by atoms with van der Waals surface area (Å²) in [5.41, 5.74) is 0.0778. The second-order valence-electron chi connectivity index (χ2n) is 10.3. The van der Waals surface area contributed by atoms with Crippen molar-refractivity contribution in [2.24, 2.45) is 23.7 Å². The lowest BCUT2D eigenvalue weighted by atomic mass is 9.53. The van der Waals surface area contributed by atoms with Crippen molar-refractivity contribution in [3.05, 3.63) is 0 Å². The first-order chi connectivity index (χ1) is 13.5. The number of rotatable bonds is 7. The van der Waals surface area contributed by atoms with Gasteiger partial charge in [0.05, 0.1) is 0 Å². The number of carbonyl (C=O) groups excluding carboxylic acids is 2. The van der Waals surface area contributed by atoms with Gasteiger partial charge in [0.1, 0.15) is 0 Å². The van der Waals surface area contributed by atoms with Crippen molar-refractivity contribution in [2.45, 2.75) is 102 Å². The highest BCUT2D eigenvalue weighted by Gasteiger charge is 2.51. The highest BCUT2D eigenvalue weighted by atomic mass is 16.2. The van der Waals surface area contributed by atoms with Crippen LogP contribution in [0, 0.1) is 23.7 Å². The number of amides is 3. The first-order valence-electron chi connectivity index (χ1n) is 11.9. The molecule has 0 atom stereocenters. The van der Waals surface area contributed by atoms with Gasteiger partial charge in [-0.05, 0) is 88.4 Å². The first kappa shape index (κ1) is 20.0. The van der Waals surface area contributed by atoms with Crippen molar-refractivity contribution < 1.29 is 9.59 Å². The van der Waals surface area contributed by atoms with Crippen LogP contribution in [0.4, 0.5) is 4.79 Å². The van der Waals surface area contributed by atoms with Gasteiger partial charge in [-0.2, -0.15) is 0 Å². The van der Waals surface area contributed by atoms with Crippen molar-refractivity contribution >= 4 is 11.9 Å². The van der Waals surface area contributed by atoms with Crippen LogP contribution in [-0.4, -0.2) is 30.1 Å². The second-order valence-corrected chi connectivity index (χ2v) is 10.3. The molecule has 28 heavy (non-hydrogen) atoms. The second kappa shape index (κ2) is 8.62. The predicted octanol–water partition coefficient (Wildman–Crippen LogP) is 4.12. The topological polar surface area (TPSA) is 70.2 Å². The Hall–Kier alpha value is -1.26. The van der Waals surface area contributed by atoms with Gasteiger partial charge in [0, 0.05) is 24.0 Å². The van der Waals surface area contributed by atoms with Gasteiger partial charge in [0.15, 0.2) is 0 Å². The Morgan fingerprint density at radius 3 is 2.07 bits per heavy atom. The zero-order valence-electron chi connectivity index (χ0n) is 17.6. The fourth-order valence-electron chi connectivity index (χ4n) is 6.96. The van der Waals surface area contributed by atoms with Crippen molar-refractivity contribution in [1.29, 1.82) is 0 Å². The first-order valence-corrected chi connectivity index (χ1v) is 11.9. The molecule has 5 saturated carbocycles. The molecule has 5 nitrogen and oxygen atoms in total. The van der Waals surface area contributed by atoms with Crippen LogP contribution in [0.2, 0.25) is 0 Å². The normalized spacial score (nSPS) is 38.8. The van der Waals surface area contributed by atoms with Crippen molar-refractivity contribution in [1.82, 2.24) is 16.0 Å². The van der Waals surface area contributed by atoms with Crippen molar-refractivity contribution in [2.75, 3.05) is 6.54 Å². The largest absolute Gasteiger partial charge is 0.356 e. The molecule has 0 radical (unpaired) electrons. The maximum atomic E-state index is 12.7. The van der Waals surface area contributed by atoms with E-state index in [9.17, 15) is 9.59 Å². The van der Waals surface area contributed by atoms with Crippen LogP contribution >= 0.6 is 0 Å². The van der Waals surface area contributed by atoms with Gasteiger partial charge in [0.25, 0.3) is 0 Å². The summed E-state index contributed by atoms with van der Waals surface area (Å²) in [6.07, 6.45) is 14.8. The minimum atomic E-state index is 0.0365. The van der Waals surface area contributed by atoms with Gasteiger partial charge in [-0.25, -0.2) is 4.79 Å². The van der Waals surface area contributed by atoms with Crippen LogP contribution in [-0.2, 0) is 4.79 Å². The van der Waals surface area contributed by atoms with E-state index in [-0.39, 0.29) is 29.4 Å². The van der Waals surface area contributed by atoms with Crippen LogP contribution in [0.25, 0.3) is 0 Å². The molecule has 5 aliphatic rings. The average Bonchev–Trinajstić information content (AvgIpc) is 2.64. The van der Waals surface area contributed by atoms with E-state index in [4.69, 9.17) is 0 Å². The maximum Gasteiger partial charge on any atom is 0.315 e. The lowest BCUT2D eigenvalue weighted by molar-refractivity contribution is -0.126.